The van der Waals surface area contributed by atoms with Crippen molar-refractivity contribution in [1.82, 2.24) is 0 Å². The molecule has 0 aliphatic rings. The average Bonchev–Trinajstić information content (AvgIpc) is 2.50. The molecule has 0 N–H and O–H groups in total. The SMILES string of the molecule is CCCCP(=O)(OCCCC(C)C)Oc1ccc(C=O)cc1. The summed E-state index contributed by atoms with van der Waals surface area (Å²) in [5, 5.41) is 0. The predicted molar refractivity (Wildman–Crippen MR) is 89.9 cm³/mol. The van der Waals surface area contributed by atoms with E-state index in [0.29, 0.717) is 30.0 Å². The van der Waals surface area contributed by atoms with E-state index in [1.54, 1.807) is 24.3 Å². The predicted octanol–water partition coefficient (Wildman–Crippen LogP) is 5.32. The Kier molecular flexibility index (Phi) is 8.44. The highest BCUT2D eigenvalue weighted by atomic mass is 31.2. The average molecular weight is 326 g/mol. The molecule has 0 bridgehead atoms. The van der Waals surface area contributed by atoms with Gasteiger partial charge in [0.05, 0.1) is 12.8 Å². The first-order valence-electron chi connectivity index (χ1n) is 7.97. The third-order valence-electron chi connectivity index (χ3n) is 3.26. The van der Waals surface area contributed by atoms with Crippen molar-refractivity contribution < 1.29 is 18.4 Å². The maximum Gasteiger partial charge on any atom is 0.379 e. The van der Waals surface area contributed by atoms with Crippen LogP contribution >= 0.6 is 7.60 Å². The van der Waals surface area contributed by atoms with Crippen molar-refractivity contribution >= 4 is 13.9 Å². The third kappa shape index (κ3) is 7.24. The molecule has 0 amide bonds. The third-order valence-corrected chi connectivity index (χ3v) is 5.19. The second-order valence-electron chi connectivity index (χ2n) is 5.84. The lowest BCUT2D eigenvalue weighted by molar-refractivity contribution is 0.112. The molecule has 1 atom stereocenters. The lowest BCUT2D eigenvalue weighted by atomic mass is 10.1. The van der Waals surface area contributed by atoms with Gasteiger partial charge < -0.3 is 4.52 Å². The van der Waals surface area contributed by atoms with Gasteiger partial charge in [-0.15, -0.1) is 0 Å². The zero-order chi connectivity index (χ0) is 16.4. The minimum atomic E-state index is -3.13. The molecule has 1 rings (SSSR count). The van der Waals surface area contributed by atoms with Crippen LogP contribution in [0.3, 0.4) is 0 Å². The molecule has 1 unspecified atom stereocenters. The van der Waals surface area contributed by atoms with Crippen LogP contribution in [-0.2, 0) is 9.09 Å². The van der Waals surface area contributed by atoms with E-state index in [4.69, 9.17) is 9.05 Å². The normalized spacial score (nSPS) is 13.8. The number of unbranched alkanes of at least 4 members (excludes halogenated alkanes) is 1. The molecule has 4 nitrogen and oxygen atoms in total. The van der Waals surface area contributed by atoms with Gasteiger partial charge in [0.15, 0.2) is 0 Å². The number of carbonyl (C=O) groups is 1. The molecule has 0 fully saturated rings. The van der Waals surface area contributed by atoms with Gasteiger partial charge in [-0.05, 0) is 49.4 Å². The number of carbonyl (C=O) groups excluding carboxylic acids is 1. The van der Waals surface area contributed by atoms with Crippen molar-refractivity contribution in [2.24, 2.45) is 5.92 Å². The van der Waals surface area contributed by atoms with Gasteiger partial charge in [-0.3, -0.25) is 9.32 Å². The Morgan fingerprint density at radius 1 is 1.18 bits per heavy atom. The van der Waals surface area contributed by atoms with E-state index in [2.05, 4.69) is 13.8 Å². The number of benzene rings is 1. The van der Waals surface area contributed by atoms with Crippen LogP contribution in [0.25, 0.3) is 0 Å². The number of aldehydes is 1. The maximum absolute atomic E-state index is 12.8. The lowest BCUT2D eigenvalue weighted by Crippen LogP contribution is -2.05. The molecule has 0 radical (unpaired) electrons. The van der Waals surface area contributed by atoms with Gasteiger partial charge in [0.1, 0.15) is 12.0 Å². The van der Waals surface area contributed by atoms with Crippen molar-refractivity contribution in [2.45, 2.75) is 46.5 Å². The first-order valence-corrected chi connectivity index (χ1v) is 9.70. The summed E-state index contributed by atoms with van der Waals surface area (Å²) in [5.74, 6) is 1.09. The summed E-state index contributed by atoms with van der Waals surface area (Å²) in [4.78, 5) is 10.7. The molecule has 1 aromatic carbocycles. The standard InChI is InChI=1S/C17H27O4P/c1-4-5-13-22(19,20-12-6-7-15(2)3)21-17-10-8-16(14-18)9-11-17/h8-11,14-15H,4-7,12-13H2,1-3H3. The zero-order valence-electron chi connectivity index (χ0n) is 13.8. The highest BCUT2D eigenvalue weighted by molar-refractivity contribution is 7.54. The fraction of sp³-hybridized carbons (Fsp3) is 0.588. The topological polar surface area (TPSA) is 52.6 Å². The monoisotopic (exact) mass is 326 g/mol. The highest BCUT2D eigenvalue weighted by Gasteiger charge is 2.25. The number of rotatable bonds is 11. The number of hydrogen-bond acceptors (Lipinski definition) is 4. The first-order chi connectivity index (χ1) is 10.5. The summed E-state index contributed by atoms with van der Waals surface area (Å²) in [6.07, 6.45) is 4.84. The van der Waals surface area contributed by atoms with Crippen LogP contribution in [-0.4, -0.2) is 19.1 Å². The summed E-state index contributed by atoms with van der Waals surface area (Å²) >= 11 is 0. The second-order valence-corrected chi connectivity index (χ2v) is 7.95. The Bertz CT molecular complexity index is 482. The molecule has 0 saturated carbocycles. The van der Waals surface area contributed by atoms with E-state index in [1.807, 2.05) is 6.92 Å². The fourth-order valence-corrected chi connectivity index (χ4v) is 3.78. The molecule has 22 heavy (non-hydrogen) atoms. The minimum Gasteiger partial charge on any atom is -0.424 e. The molecule has 0 aromatic heterocycles. The molecule has 0 aliphatic heterocycles. The number of hydrogen-bond donors (Lipinski definition) is 0. The summed E-state index contributed by atoms with van der Waals surface area (Å²) < 4.78 is 24.1. The molecular weight excluding hydrogens is 299 g/mol. The molecule has 1 aromatic rings. The fourth-order valence-electron chi connectivity index (χ4n) is 1.95. The van der Waals surface area contributed by atoms with E-state index in [0.717, 1.165) is 32.0 Å². The van der Waals surface area contributed by atoms with Gasteiger partial charge in [-0.25, -0.2) is 4.57 Å². The van der Waals surface area contributed by atoms with Crippen LogP contribution in [0.5, 0.6) is 5.75 Å². The molecular formula is C17H27O4P. The van der Waals surface area contributed by atoms with E-state index in [9.17, 15) is 9.36 Å². The van der Waals surface area contributed by atoms with Gasteiger partial charge >= 0.3 is 7.60 Å². The Labute approximate surface area is 133 Å². The maximum atomic E-state index is 12.8. The molecule has 0 aliphatic carbocycles. The second kappa shape index (κ2) is 9.81. The van der Waals surface area contributed by atoms with Crippen LogP contribution in [0, 0.1) is 5.92 Å². The van der Waals surface area contributed by atoms with Crippen molar-refractivity contribution in [2.75, 3.05) is 12.8 Å². The van der Waals surface area contributed by atoms with Gasteiger partial charge in [0.25, 0.3) is 0 Å². The summed E-state index contributed by atoms with van der Waals surface area (Å²) in [5.41, 5.74) is 0.564. The smallest absolute Gasteiger partial charge is 0.379 e. The van der Waals surface area contributed by atoms with E-state index in [1.165, 1.54) is 0 Å². The summed E-state index contributed by atoms with van der Waals surface area (Å²) in [7, 11) is -3.13. The van der Waals surface area contributed by atoms with Crippen molar-refractivity contribution in [3.63, 3.8) is 0 Å². The largest absolute Gasteiger partial charge is 0.424 e. The molecule has 0 spiro atoms. The Morgan fingerprint density at radius 3 is 2.41 bits per heavy atom. The lowest BCUT2D eigenvalue weighted by Gasteiger charge is -2.19. The van der Waals surface area contributed by atoms with Gasteiger partial charge in [-0.2, -0.15) is 0 Å². The van der Waals surface area contributed by atoms with E-state index >= 15 is 0 Å². The Morgan fingerprint density at radius 2 is 1.86 bits per heavy atom. The van der Waals surface area contributed by atoms with Crippen molar-refractivity contribution in [1.29, 1.82) is 0 Å². The Hall–Kier alpha value is -1.12. The van der Waals surface area contributed by atoms with Crippen molar-refractivity contribution in [3.8, 4) is 5.75 Å². The zero-order valence-corrected chi connectivity index (χ0v) is 14.7. The van der Waals surface area contributed by atoms with Crippen LogP contribution < -0.4 is 4.52 Å². The van der Waals surface area contributed by atoms with Gasteiger partial charge in [0, 0.05) is 5.56 Å². The summed E-state index contributed by atoms with van der Waals surface area (Å²) in [6.45, 7) is 6.80. The van der Waals surface area contributed by atoms with Gasteiger partial charge in [-0.1, -0.05) is 27.2 Å². The first kappa shape index (κ1) is 18.9. The van der Waals surface area contributed by atoms with Crippen LogP contribution in [0.2, 0.25) is 0 Å². The summed E-state index contributed by atoms with van der Waals surface area (Å²) in [6, 6.07) is 6.59. The van der Waals surface area contributed by atoms with E-state index in [-0.39, 0.29) is 0 Å². The quantitative estimate of drug-likeness (QED) is 0.313. The molecule has 5 heteroatoms. The van der Waals surface area contributed by atoms with Crippen LogP contribution in [0.4, 0.5) is 0 Å². The molecule has 124 valence electrons. The van der Waals surface area contributed by atoms with Gasteiger partial charge in [0.2, 0.25) is 0 Å². The van der Waals surface area contributed by atoms with Crippen molar-refractivity contribution in [3.05, 3.63) is 29.8 Å². The highest BCUT2D eigenvalue weighted by Crippen LogP contribution is 2.49. The molecule has 0 saturated heterocycles. The minimum absolute atomic E-state index is 0.417. The van der Waals surface area contributed by atoms with E-state index < -0.39 is 7.60 Å². The Balaban J connectivity index is 2.64. The molecule has 0 heterocycles. The van der Waals surface area contributed by atoms with Crippen LogP contribution in [0.1, 0.15) is 56.8 Å². The van der Waals surface area contributed by atoms with Crippen LogP contribution in [0.15, 0.2) is 24.3 Å².